The Morgan fingerprint density at radius 2 is 1.70 bits per heavy atom. The minimum absolute atomic E-state index is 0.221. The molecule has 2 aromatic carbocycles. The molecule has 0 spiro atoms. The average molecular weight is 302 g/mol. The van der Waals surface area contributed by atoms with Crippen LogP contribution in [0.25, 0.3) is 11.1 Å². The molecule has 0 atom stereocenters. The van der Waals surface area contributed by atoms with E-state index in [4.69, 9.17) is 0 Å². The molecule has 1 amide bonds. The van der Waals surface area contributed by atoms with Crippen molar-refractivity contribution in [3.05, 3.63) is 88.9 Å². The van der Waals surface area contributed by atoms with Gasteiger partial charge in [-0.05, 0) is 40.8 Å². The fourth-order valence-corrected chi connectivity index (χ4v) is 2.99. The summed E-state index contributed by atoms with van der Waals surface area (Å²) in [6.45, 7) is 0. The Kier molecular flexibility index (Phi) is 3.08. The lowest BCUT2D eigenvalue weighted by Crippen LogP contribution is -2.25. The van der Waals surface area contributed by atoms with Gasteiger partial charge in [-0.1, -0.05) is 30.3 Å². The molecule has 4 nitrogen and oxygen atoms in total. The fraction of sp³-hybridized carbons (Fsp3) is 0.0526. The van der Waals surface area contributed by atoms with E-state index in [0.29, 0.717) is 10.3 Å². The SMILES string of the molecule is O=C(Nc1ccc2c(c1)Cc1ccccc1-2)c1cc[n+]([O-])cc1. The molecule has 23 heavy (non-hydrogen) atoms. The van der Waals surface area contributed by atoms with Gasteiger partial charge in [0, 0.05) is 17.8 Å². The number of carbonyl (C=O) groups is 1. The van der Waals surface area contributed by atoms with Crippen LogP contribution in [-0.4, -0.2) is 5.91 Å². The summed E-state index contributed by atoms with van der Waals surface area (Å²) in [5.41, 5.74) is 6.25. The highest BCUT2D eigenvalue weighted by molar-refractivity contribution is 6.04. The van der Waals surface area contributed by atoms with Crippen molar-refractivity contribution >= 4 is 11.6 Å². The van der Waals surface area contributed by atoms with E-state index in [1.54, 1.807) is 0 Å². The van der Waals surface area contributed by atoms with Crippen LogP contribution in [0.3, 0.4) is 0 Å². The highest BCUT2D eigenvalue weighted by atomic mass is 16.5. The molecular weight excluding hydrogens is 288 g/mol. The van der Waals surface area contributed by atoms with Crippen LogP contribution < -0.4 is 10.0 Å². The molecule has 1 aromatic heterocycles. The maximum atomic E-state index is 12.2. The number of hydrogen-bond donors (Lipinski definition) is 1. The van der Waals surface area contributed by atoms with Crippen LogP contribution in [0.2, 0.25) is 0 Å². The summed E-state index contributed by atoms with van der Waals surface area (Å²) in [5.74, 6) is -0.221. The van der Waals surface area contributed by atoms with Crippen molar-refractivity contribution in [3.8, 4) is 11.1 Å². The first-order valence-corrected chi connectivity index (χ1v) is 7.42. The summed E-state index contributed by atoms with van der Waals surface area (Å²) < 4.78 is 0.656. The number of aromatic nitrogens is 1. The molecule has 0 saturated carbocycles. The van der Waals surface area contributed by atoms with Crippen LogP contribution in [-0.2, 0) is 6.42 Å². The third kappa shape index (κ3) is 2.44. The van der Waals surface area contributed by atoms with Crippen molar-refractivity contribution in [3.63, 3.8) is 0 Å². The van der Waals surface area contributed by atoms with Gasteiger partial charge in [0.2, 0.25) is 0 Å². The normalized spacial score (nSPS) is 11.7. The molecule has 112 valence electrons. The summed E-state index contributed by atoms with van der Waals surface area (Å²) in [6.07, 6.45) is 3.51. The Bertz CT molecular complexity index is 901. The number of anilines is 1. The van der Waals surface area contributed by atoms with Crippen LogP contribution in [0.1, 0.15) is 21.5 Å². The molecule has 4 rings (SSSR count). The maximum Gasteiger partial charge on any atom is 0.256 e. The van der Waals surface area contributed by atoms with Crippen molar-refractivity contribution in [2.45, 2.75) is 6.42 Å². The minimum atomic E-state index is -0.221. The zero-order chi connectivity index (χ0) is 15.8. The van der Waals surface area contributed by atoms with Crippen LogP contribution in [0.4, 0.5) is 5.69 Å². The van der Waals surface area contributed by atoms with E-state index >= 15 is 0 Å². The summed E-state index contributed by atoms with van der Waals surface area (Å²) >= 11 is 0. The number of amides is 1. The third-order valence-corrected chi connectivity index (χ3v) is 4.12. The second kappa shape index (κ2) is 5.25. The lowest BCUT2D eigenvalue weighted by molar-refractivity contribution is -0.605. The van der Waals surface area contributed by atoms with Crippen LogP contribution in [0, 0.1) is 5.21 Å². The van der Waals surface area contributed by atoms with Gasteiger partial charge in [0.1, 0.15) is 0 Å². The number of rotatable bonds is 2. The Balaban J connectivity index is 1.59. The second-order valence-corrected chi connectivity index (χ2v) is 5.61. The number of nitrogens with one attached hydrogen (secondary N) is 1. The lowest BCUT2D eigenvalue weighted by atomic mass is 10.1. The molecule has 0 fully saturated rings. The van der Waals surface area contributed by atoms with Gasteiger partial charge in [0.25, 0.3) is 5.91 Å². The summed E-state index contributed by atoms with van der Waals surface area (Å²) in [5, 5.41) is 13.9. The predicted octanol–water partition coefficient (Wildman–Crippen LogP) is 3.14. The topological polar surface area (TPSA) is 56.0 Å². The Labute approximate surface area is 133 Å². The molecule has 0 aliphatic heterocycles. The molecule has 0 bridgehead atoms. The summed E-state index contributed by atoms with van der Waals surface area (Å²) in [4.78, 5) is 12.2. The van der Waals surface area contributed by atoms with Crippen molar-refractivity contribution in [2.75, 3.05) is 5.32 Å². The van der Waals surface area contributed by atoms with E-state index < -0.39 is 0 Å². The molecule has 1 aliphatic carbocycles. The first kappa shape index (κ1) is 13.5. The van der Waals surface area contributed by atoms with Crippen molar-refractivity contribution in [1.82, 2.24) is 0 Å². The van der Waals surface area contributed by atoms with Crippen molar-refractivity contribution in [1.29, 1.82) is 0 Å². The highest BCUT2D eigenvalue weighted by Gasteiger charge is 2.18. The first-order valence-electron chi connectivity index (χ1n) is 7.42. The fourth-order valence-electron chi connectivity index (χ4n) is 2.99. The number of nitrogens with zero attached hydrogens (tertiary/aromatic N) is 1. The number of benzene rings is 2. The molecule has 1 N–H and O–H groups in total. The van der Waals surface area contributed by atoms with E-state index in [1.807, 2.05) is 30.3 Å². The second-order valence-electron chi connectivity index (χ2n) is 5.61. The largest absolute Gasteiger partial charge is 0.619 e. The van der Waals surface area contributed by atoms with Gasteiger partial charge in [-0.15, -0.1) is 0 Å². The zero-order valence-electron chi connectivity index (χ0n) is 12.3. The van der Waals surface area contributed by atoms with Gasteiger partial charge >= 0.3 is 0 Å². The molecule has 0 saturated heterocycles. The number of pyridine rings is 1. The van der Waals surface area contributed by atoms with Gasteiger partial charge in [-0.25, -0.2) is 0 Å². The van der Waals surface area contributed by atoms with Crippen LogP contribution in [0.15, 0.2) is 67.0 Å². The Morgan fingerprint density at radius 1 is 0.957 bits per heavy atom. The van der Waals surface area contributed by atoms with Gasteiger partial charge in [-0.3, -0.25) is 4.79 Å². The molecule has 0 unspecified atom stereocenters. The molecule has 3 aromatic rings. The van der Waals surface area contributed by atoms with Crippen molar-refractivity contribution in [2.24, 2.45) is 0 Å². The summed E-state index contributed by atoms with van der Waals surface area (Å²) in [7, 11) is 0. The standard InChI is InChI=1S/C19H14N2O2/c22-19(13-7-9-21(23)10-8-13)20-16-5-6-18-15(12-16)11-14-3-1-2-4-17(14)18/h1-10,12H,11H2,(H,20,22). The Morgan fingerprint density at radius 3 is 2.52 bits per heavy atom. The number of fused-ring (bicyclic) bond motifs is 3. The highest BCUT2D eigenvalue weighted by Crippen LogP contribution is 2.37. The van der Waals surface area contributed by atoms with E-state index in [2.05, 4.69) is 17.4 Å². The molecule has 4 heteroatoms. The van der Waals surface area contributed by atoms with E-state index in [1.165, 1.54) is 46.8 Å². The van der Waals surface area contributed by atoms with E-state index in [0.717, 1.165) is 12.1 Å². The molecular formula is C19H14N2O2. The van der Waals surface area contributed by atoms with Gasteiger partial charge in [-0.2, -0.15) is 4.73 Å². The van der Waals surface area contributed by atoms with E-state index in [9.17, 15) is 10.0 Å². The molecule has 1 aliphatic rings. The molecule has 1 heterocycles. The van der Waals surface area contributed by atoms with E-state index in [-0.39, 0.29) is 5.91 Å². The predicted molar refractivity (Wildman–Crippen MR) is 88.0 cm³/mol. The summed E-state index contributed by atoms with van der Waals surface area (Å²) in [6, 6.07) is 17.3. The smallest absolute Gasteiger partial charge is 0.256 e. The number of carbonyl (C=O) groups excluding carboxylic acids is 1. The average Bonchev–Trinajstić information content (AvgIpc) is 2.93. The van der Waals surface area contributed by atoms with Crippen LogP contribution in [0.5, 0.6) is 0 Å². The van der Waals surface area contributed by atoms with Gasteiger partial charge < -0.3 is 10.5 Å². The van der Waals surface area contributed by atoms with Crippen LogP contribution >= 0.6 is 0 Å². The quantitative estimate of drug-likeness (QED) is 0.457. The minimum Gasteiger partial charge on any atom is -0.619 e. The maximum absolute atomic E-state index is 12.2. The molecule has 0 radical (unpaired) electrons. The monoisotopic (exact) mass is 302 g/mol. The third-order valence-electron chi connectivity index (χ3n) is 4.12. The first-order chi connectivity index (χ1) is 11.2. The van der Waals surface area contributed by atoms with Gasteiger partial charge in [0.15, 0.2) is 12.4 Å². The van der Waals surface area contributed by atoms with Crippen molar-refractivity contribution < 1.29 is 9.52 Å². The number of hydrogen-bond acceptors (Lipinski definition) is 2. The Hall–Kier alpha value is -3.14. The lowest BCUT2D eigenvalue weighted by Gasteiger charge is -2.07. The zero-order valence-corrected chi connectivity index (χ0v) is 12.3. The van der Waals surface area contributed by atoms with Gasteiger partial charge in [0.05, 0.1) is 5.56 Å².